The maximum absolute atomic E-state index is 12.2. The molecule has 0 unspecified atom stereocenters. The topological polar surface area (TPSA) is 89.3 Å². The highest BCUT2D eigenvalue weighted by atomic mass is 32.2. The summed E-state index contributed by atoms with van der Waals surface area (Å²) in [5.41, 5.74) is 1.67. The number of rotatable bonds is 5. The summed E-state index contributed by atoms with van der Waals surface area (Å²) in [5.74, 6) is 0.384. The van der Waals surface area contributed by atoms with E-state index in [2.05, 4.69) is 20.4 Å². The van der Waals surface area contributed by atoms with Crippen LogP contribution < -0.4 is 5.32 Å². The zero-order valence-corrected chi connectivity index (χ0v) is 14.2. The van der Waals surface area contributed by atoms with Gasteiger partial charge < -0.3 is 5.32 Å². The predicted molar refractivity (Wildman–Crippen MR) is 90.3 cm³/mol. The fourth-order valence-electron chi connectivity index (χ4n) is 2.29. The van der Waals surface area contributed by atoms with Crippen molar-refractivity contribution in [1.29, 1.82) is 0 Å². The number of aryl methyl sites for hydroxylation is 2. The van der Waals surface area contributed by atoms with Crippen molar-refractivity contribution in [1.82, 2.24) is 24.9 Å². The molecule has 3 rings (SSSR count). The molecule has 0 aliphatic heterocycles. The van der Waals surface area contributed by atoms with E-state index in [0.29, 0.717) is 11.5 Å². The molecule has 0 bridgehead atoms. The molecule has 8 heteroatoms. The Hall–Kier alpha value is -2.61. The number of benzene rings is 1. The molecule has 1 amide bonds. The van der Waals surface area contributed by atoms with Crippen LogP contribution in [0.3, 0.4) is 0 Å². The molecule has 124 valence electrons. The van der Waals surface area contributed by atoms with Crippen LogP contribution in [0.25, 0.3) is 5.78 Å². The molecule has 0 spiro atoms. The van der Waals surface area contributed by atoms with Gasteiger partial charge in [-0.05, 0) is 32.0 Å². The van der Waals surface area contributed by atoms with Gasteiger partial charge in [-0.25, -0.2) is 9.50 Å². The standard InChI is InChI=1S/C16H17N5O2S/c1-11-10-12(2)21-16(18-11)19-14(20-21)15(22)17-8-9-24(23)13-6-4-3-5-7-13/h3-7,10H,8-9H2,1-2H3,(H,17,22)/t24-/m0/s1. The molecular weight excluding hydrogens is 326 g/mol. The molecule has 1 N–H and O–H groups in total. The number of nitrogens with zero attached hydrogens (tertiary/aromatic N) is 4. The van der Waals surface area contributed by atoms with Gasteiger partial charge in [0.25, 0.3) is 11.7 Å². The van der Waals surface area contributed by atoms with Gasteiger partial charge in [-0.15, -0.1) is 5.10 Å². The Kier molecular flexibility index (Phi) is 4.66. The summed E-state index contributed by atoms with van der Waals surface area (Å²) >= 11 is 0. The largest absolute Gasteiger partial charge is 0.348 e. The van der Waals surface area contributed by atoms with Crippen LogP contribution in [0.2, 0.25) is 0 Å². The number of carbonyl (C=O) groups is 1. The summed E-state index contributed by atoms with van der Waals surface area (Å²) in [4.78, 5) is 21.3. The molecule has 0 saturated heterocycles. The van der Waals surface area contributed by atoms with Crippen molar-refractivity contribution >= 4 is 22.5 Å². The fourth-order valence-corrected chi connectivity index (χ4v) is 3.27. The van der Waals surface area contributed by atoms with Crippen LogP contribution in [0.15, 0.2) is 41.3 Å². The van der Waals surface area contributed by atoms with Gasteiger partial charge in [0.1, 0.15) is 0 Å². The summed E-state index contributed by atoms with van der Waals surface area (Å²) in [5, 5.41) is 6.86. The van der Waals surface area contributed by atoms with E-state index >= 15 is 0 Å². The summed E-state index contributed by atoms with van der Waals surface area (Å²) in [6.45, 7) is 4.02. The van der Waals surface area contributed by atoms with Gasteiger partial charge in [-0.2, -0.15) is 4.98 Å². The average Bonchev–Trinajstić information content (AvgIpc) is 3.00. The van der Waals surface area contributed by atoms with Crippen molar-refractivity contribution in [2.75, 3.05) is 12.3 Å². The SMILES string of the molecule is Cc1cc(C)n2nc(C(=O)NCC[S@](=O)c3ccccc3)nc2n1. The first-order chi connectivity index (χ1) is 11.5. The molecule has 2 aromatic heterocycles. The molecule has 0 saturated carbocycles. The number of hydrogen-bond donors (Lipinski definition) is 1. The highest BCUT2D eigenvalue weighted by Gasteiger charge is 2.15. The van der Waals surface area contributed by atoms with E-state index in [4.69, 9.17) is 0 Å². The first-order valence-corrected chi connectivity index (χ1v) is 8.79. The smallest absolute Gasteiger partial charge is 0.291 e. The van der Waals surface area contributed by atoms with Crippen LogP contribution in [0, 0.1) is 13.8 Å². The zero-order valence-electron chi connectivity index (χ0n) is 13.4. The molecule has 1 aromatic carbocycles. The Labute approximate surface area is 141 Å². The van der Waals surface area contributed by atoms with Gasteiger partial charge in [-0.3, -0.25) is 9.00 Å². The third-order valence-corrected chi connectivity index (χ3v) is 4.77. The van der Waals surface area contributed by atoms with Crippen molar-refractivity contribution in [2.24, 2.45) is 0 Å². The Morgan fingerprint density at radius 1 is 1.21 bits per heavy atom. The van der Waals surface area contributed by atoms with Gasteiger partial charge in [-0.1, -0.05) is 18.2 Å². The average molecular weight is 343 g/mol. The second kappa shape index (κ2) is 6.88. The third kappa shape index (κ3) is 3.48. The van der Waals surface area contributed by atoms with Gasteiger partial charge >= 0.3 is 0 Å². The minimum absolute atomic E-state index is 0.0571. The van der Waals surface area contributed by atoms with Crippen molar-refractivity contribution in [3.63, 3.8) is 0 Å². The van der Waals surface area contributed by atoms with Crippen molar-refractivity contribution in [3.05, 3.63) is 53.6 Å². The lowest BCUT2D eigenvalue weighted by atomic mass is 10.4. The maximum Gasteiger partial charge on any atom is 0.291 e. The molecule has 24 heavy (non-hydrogen) atoms. The van der Waals surface area contributed by atoms with E-state index in [0.717, 1.165) is 16.3 Å². The Morgan fingerprint density at radius 3 is 2.71 bits per heavy atom. The van der Waals surface area contributed by atoms with Crippen molar-refractivity contribution < 1.29 is 9.00 Å². The van der Waals surface area contributed by atoms with Crippen molar-refractivity contribution in [2.45, 2.75) is 18.7 Å². The molecule has 7 nitrogen and oxygen atoms in total. The number of amides is 1. The van der Waals surface area contributed by atoms with Crippen LogP contribution in [0.5, 0.6) is 0 Å². The van der Waals surface area contributed by atoms with Crippen LogP contribution in [-0.4, -0.2) is 42.0 Å². The van der Waals surface area contributed by atoms with E-state index < -0.39 is 16.7 Å². The number of nitrogens with one attached hydrogen (secondary N) is 1. The second-order valence-electron chi connectivity index (χ2n) is 5.30. The summed E-state index contributed by atoms with van der Waals surface area (Å²) in [6, 6.07) is 11.0. The zero-order chi connectivity index (χ0) is 17.1. The van der Waals surface area contributed by atoms with Gasteiger partial charge in [0.15, 0.2) is 0 Å². The number of hydrogen-bond acceptors (Lipinski definition) is 5. The van der Waals surface area contributed by atoms with E-state index in [-0.39, 0.29) is 12.4 Å². The van der Waals surface area contributed by atoms with Gasteiger partial charge in [0, 0.05) is 28.6 Å². The first kappa shape index (κ1) is 16.3. The molecule has 0 aliphatic rings. The number of carbonyl (C=O) groups excluding carboxylic acids is 1. The summed E-state index contributed by atoms with van der Waals surface area (Å²) in [7, 11) is -1.15. The molecule has 3 aromatic rings. The molecule has 2 heterocycles. The highest BCUT2D eigenvalue weighted by Crippen LogP contribution is 2.06. The lowest BCUT2D eigenvalue weighted by molar-refractivity contribution is 0.0946. The van der Waals surface area contributed by atoms with Gasteiger partial charge in [0.05, 0.1) is 10.8 Å². The summed E-state index contributed by atoms with van der Waals surface area (Å²) < 4.78 is 13.6. The number of fused-ring (bicyclic) bond motifs is 1. The lowest BCUT2D eigenvalue weighted by Crippen LogP contribution is -2.28. The monoisotopic (exact) mass is 343 g/mol. The van der Waals surface area contributed by atoms with E-state index in [1.807, 2.05) is 38.1 Å². The second-order valence-corrected chi connectivity index (χ2v) is 6.88. The quantitative estimate of drug-likeness (QED) is 0.754. The summed E-state index contributed by atoms with van der Waals surface area (Å²) in [6.07, 6.45) is 0. The molecule has 0 fully saturated rings. The molecular formula is C16H17N5O2S. The highest BCUT2D eigenvalue weighted by molar-refractivity contribution is 7.85. The first-order valence-electron chi connectivity index (χ1n) is 7.47. The molecule has 0 radical (unpaired) electrons. The van der Waals surface area contributed by atoms with Crippen LogP contribution in [-0.2, 0) is 10.8 Å². The van der Waals surface area contributed by atoms with E-state index in [1.54, 1.807) is 12.1 Å². The maximum atomic E-state index is 12.2. The van der Waals surface area contributed by atoms with E-state index in [1.165, 1.54) is 4.52 Å². The lowest BCUT2D eigenvalue weighted by Gasteiger charge is -2.03. The van der Waals surface area contributed by atoms with Crippen LogP contribution in [0.4, 0.5) is 0 Å². The predicted octanol–water partition coefficient (Wildman–Crippen LogP) is 1.28. The number of aromatic nitrogens is 4. The van der Waals surface area contributed by atoms with Crippen molar-refractivity contribution in [3.8, 4) is 0 Å². The normalized spacial score (nSPS) is 12.2. The van der Waals surface area contributed by atoms with Crippen LogP contribution in [0.1, 0.15) is 22.0 Å². The molecule has 1 atom stereocenters. The fraction of sp³-hybridized carbons (Fsp3) is 0.250. The van der Waals surface area contributed by atoms with E-state index in [9.17, 15) is 9.00 Å². The Balaban J connectivity index is 1.63. The van der Waals surface area contributed by atoms with Gasteiger partial charge in [0.2, 0.25) is 5.82 Å². The minimum atomic E-state index is -1.15. The van der Waals surface area contributed by atoms with Crippen LogP contribution >= 0.6 is 0 Å². The molecule has 0 aliphatic carbocycles. The Bertz CT molecular complexity index is 907. The third-order valence-electron chi connectivity index (χ3n) is 3.40. The Morgan fingerprint density at radius 2 is 1.96 bits per heavy atom. The minimum Gasteiger partial charge on any atom is -0.348 e.